The minimum Gasteiger partial charge on any atom is -0.492 e. The van der Waals surface area contributed by atoms with Crippen LogP contribution in [0.5, 0.6) is 5.75 Å². The largest absolute Gasteiger partial charge is 0.492 e. The van der Waals surface area contributed by atoms with Gasteiger partial charge in [0.25, 0.3) is 0 Å². The van der Waals surface area contributed by atoms with E-state index in [0.717, 1.165) is 11.3 Å². The Bertz CT molecular complexity index is 782. The van der Waals surface area contributed by atoms with Crippen molar-refractivity contribution in [3.05, 3.63) is 42.2 Å². The lowest BCUT2D eigenvalue weighted by molar-refractivity contribution is -0.146. The Balaban J connectivity index is 1.68. The number of rotatable bonds is 4. The first kappa shape index (κ1) is 16.0. The topological polar surface area (TPSA) is 93.5 Å². The first-order chi connectivity index (χ1) is 11.4. The second-order valence-corrected chi connectivity index (χ2v) is 6.35. The Kier molecular flexibility index (Phi) is 4.01. The van der Waals surface area contributed by atoms with Crippen LogP contribution in [0.2, 0.25) is 0 Å². The Labute approximate surface area is 139 Å². The van der Waals surface area contributed by atoms with Crippen LogP contribution in [0.15, 0.2) is 36.7 Å². The number of nitrogens with zero attached hydrogens (tertiary/aromatic N) is 2. The first-order valence-corrected chi connectivity index (χ1v) is 7.68. The van der Waals surface area contributed by atoms with E-state index >= 15 is 0 Å². The number of carboxylic acids is 1. The third kappa shape index (κ3) is 2.97. The third-order valence-electron chi connectivity index (χ3n) is 4.20. The van der Waals surface area contributed by atoms with E-state index in [0.29, 0.717) is 18.7 Å². The normalized spacial score (nSPS) is 16.8. The molecular weight excluding hydrogens is 310 g/mol. The van der Waals surface area contributed by atoms with Gasteiger partial charge in [-0.2, -0.15) is 5.10 Å². The number of ether oxygens (including phenoxy) is 1. The van der Waals surface area contributed by atoms with Crippen LogP contribution < -0.4 is 10.1 Å². The number of aliphatic carboxylic acids is 1. The number of aromatic nitrogens is 2. The lowest BCUT2D eigenvalue weighted by atomic mass is 9.96. The van der Waals surface area contributed by atoms with Gasteiger partial charge in [-0.25, -0.2) is 4.79 Å². The maximum Gasteiger partial charge on any atom is 0.331 e. The average Bonchev–Trinajstić information content (AvgIpc) is 3.03. The van der Waals surface area contributed by atoms with Crippen molar-refractivity contribution >= 4 is 17.6 Å². The molecule has 0 spiro atoms. The summed E-state index contributed by atoms with van der Waals surface area (Å²) in [4.78, 5) is 23.7. The summed E-state index contributed by atoms with van der Waals surface area (Å²) in [5, 5.41) is 16.0. The second kappa shape index (κ2) is 5.99. The number of fused-ring (bicyclic) bond motifs is 1. The predicted octanol–water partition coefficient (Wildman–Crippen LogP) is 1.89. The van der Waals surface area contributed by atoms with Gasteiger partial charge in [-0.3, -0.25) is 9.48 Å². The smallest absolute Gasteiger partial charge is 0.331 e. The fraction of sp³-hybridized carbons (Fsp3) is 0.353. The van der Waals surface area contributed by atoms with E-state index in [1.807, 2.05) is 24.3 Å². The Morgan fingerprint density at radius 1 is 1.38 bits per heavy atom. The van der Waals surface area contributed by atoms with Crippen LogP contribution in [-0.4, -0.2) is 33.4 Å². The molecule has 24 heavy (non-hydrogen) atoms. The van der Waals surface area contributed by atoms with Crippen LogP contribution in [0, 0.1) is 5.92 Å². The molecular formula is C17H19N3O4. The molecule has 7 heteroatoms. The highest BCUT2D eigenvalue weighted by molar-refractivity contribution is 5.92. The van der Waals surface area contributed by atoms with Crippen molar-refractivity contribution in [3.8, 4) is 5.75 Å². The number of hydrogen-bond acceptors (Lipinski definition) is 4. The van der Waals surface area contributed by atoms with E-state index in [1.54, 1.807) is 13.8 Å². The fourth-order valence-corrected chi connectivity index (χ4v) is 2.53. The molecule has 0 saturated carbocycles. The summed E-state index contributed by atoms with van der Waals surface area (Å²) in [5.41, 5.74) is 0.287. The number of anilines is 1. The molecule has 0 aliphatic carbocycles. The molecule has 2 N–H and O–H groups in total. The number of carboxylic acid groups (broad SMARTS) is 1. The molecule has 1 amide bonds. The molecule has 1 atom stereocenters. The van der Waals surface area contributed by atoms with E-state index in [9.17, 15) is 14.7 Å². The SMILES string of the molecule is CC(C)(C(=O)O)n1cc(NC(=O)C2COc3ccccc3C2)cn1. The minimum absolute atomic E-state index is 0.169. The maximum atomic E-state index is 12.4. The predicted molar refractivity (Wildman–Crippen MR) is 86.9 cm³/mol. The zero-order valence-corrected chi connectivity index (χ0v) is 13.5. The van der Waals surface area contributed by atoms with Crippen LogP contribution in [0.1, 0.15) is 19.4 Å². The zero-order valence-electron chi connectivity index (χ0n) is 13.5. The molecule has 0 bridgehead atoms. The summed E-state index contributed by atoms with van der Waals surface area (Å²) in [6, 6.07) is 7.65. The van der Waals surface area contributed by atoms with E-state index < -0.39 is 11.5 Å². The van der Waals surface area contributed by atoms with Crippen molar-refractivity contribution in [3.63, 3.8) is 0 Å². The summed E-state index contributed by atoms with van der Waals surface area (Å²) < 4.78 is 6.94. The molecule has 126 valence electrons. The highest BCUT2D eigenvalue weighted by Crippen LogP contribution is 2.27. The van der Waals surface area contributed by atoms with Crippen molar-refractivity contribution in [1.29, 1.82) is 0 Å². The maximum absolute atomic E-state index is 12.4. The van der Waals surface area contributed by atoms with Crippen LogP contribution in [0.3, 0.4) is 0 Å². The molecule has 2 heterocycles. The van der Waals surface area contributed by atoms with E-state index in [2.05, 4.69) is 10.4 Å². The highest BCUT2D eigenvalue weighted by Gasteiger charge is 2.31. The molecule has 1 aliphatic heterocycles. The number of para-hydroxylation sites is 1. The number of carbonyl (C=O) groups excluding carboxylic acids is 1. The average molecular weight is 329 g/mol. The van der Waals surface area contributed by atoms with E-state index in [4.69, 9.17) is 4.74 Å². The van der Waals surface area contributed by atoms with Crippen LogP contribution >= 0.6 is 0 Å². The number of amides is 1. The number of hydrogen-bond donors (Lipinski definition) is 2. The van der Waals surface area contributed by atoms with Gasteiger partial charge in [0.15, 0.2) is 5.54 Å². The molecule has 0 radical (unpaired) electrons. The molecule has 3 rings (SSSR count). The molecule has 1 aromatic carbocycles. The number of benzene rings is 1. The molecule has 0 saturated heterocycles. The highest BCUT2D eigenvalue weighted by atomic mass is 16.5. The van der Waals surface area contributed by atoms with E-state index in [1.165, 1.54) is 17.1 Å². The van der Waals surface area contributed by atoms with Gasteiger partial charge in [-0.05, 0) is 31.9 Å². The van der Waals surface area contributed by atoms with Gasteiger partial charge in [-0.1, -0.05) is 18.2 Å². The standard InChI is InChI=1S/C17H19N3O4/c1-17(2,16(22)23)20-9-13(8-18-20)19-15(21)12-7-11-5-3-4-6-14(11)24-10-12/h3-6,8-9,12H,7,10H2,1-2H3,(H,19,21)(H,22,23). The monoisotopic (exact) mass is 329 g/mol. The molecule has 7 nitrogen and oxygen atoms in total. The van der Waals surface area contributed by atoms with Gasteiger partial charge >= 0.3 is 5.97 Å². The van der Waals surface area contributed by atoms with Gasteiger partial charge in [0.1, 0.15) is 12.4 Å². The van der Waals surface area contributed by atoms with Crippen LogP contribution in [0.4, 0.5) is 5.69 Å². The Morgan fingerprint density at radius 3 is 2.88 bits per heavy atom. The van der Waals surface area contributed by atoms with Gasteiger partial charge in [0.05, 0.1) is 17.8 Å². The minimum atomic E-state index is -1.18. The van der Waals surface area contributed by atoms with Gasteiger partial charge in [0.2, 0.25) is 5.91 Å². The zero-order chi connectivity index (χ0) is 17.3. The van der Waals surface area contributed by atoms with E-state index in [-0.39, 0.29) is 11.8 Å². The van der Waals surface area contributed by atoms with Crippen molar-refractivity contribution in [2.24, 2.45) is 5.92 Å². The molecule has 1 aliphatic rings. The van der Waals surface area contributed by atoms with Crippen molar-refractivity contribution in [2.75, 3.05) is 11.9 Å². The van der Waals surface area contributed by atoms with Crippen molar-refractivity contribution in [2.45, 2.75) is 25.8 Å². The first-order valence-electron chi connectivity index (χ1n) is 7.68. The lowest BCUT2D eigenvalue weighted by Gasteiger charge is -2.24. The van der Waals surface area contributed by atoms with Crippen LogP contribution in [0.25, 0.3) is 0 Å². The summed E-state index contributed by atoms with van der Waals surface area (Å²) in [6.07, 6.45) is 3.57. The van der Waals surface area contributed by atoms with Crippen molar-refractivity contribution in [1.82, 2.24) is 9.78 Å². The van der Waals surface area contributed by atoms with Gasteiger partial charge in [0, 0.05) is 6.20 Å². The molecule has 1 aromatic heterocycles. The molecule has 0 fully saturated rings. The Morgan fingerprint density at radius 2 is 2.12 bits per heavy atom. The summed E-state index contributed by atoms with van der Waals surface area (Å²) in [5.74, 6) is -0.647. The van der Waals surface area contributed by atoms with Crippen LogP contribution in [-0.2, 0) is 21.5 Å². The van der Waals surface area contributed by atoms with Gasteiger partial charge < -0.3 is 15.2 Å². The molecule has 1 unspecified atom stereocenters. The quantitative estimate of drug-likeness (QED) is 0.893. The van der Waals surface area contributed by atoms with Crippen molar-refractivity contribution < 1.29 is 19.4 Å². The fourth-order valence-electron chi connectivity index (χ4n) is 2.53. The number of carbonyl (C=O) groups is 2. The lowest BCUT2D eigenvalue weighted by Crippen LogP contribution is -2.36. The summed E-state index contributed by atoms with van der Waals surface area (Å²) >= 11 is 0. The second-order valence-electron chi connectivity index (χ2n) is 6.35. The summed E-state index contributed by atoms with van der Waals surface area (Å²) in [7, 11) is 0. The summed E-state index contributed by atoms with van der Waals surface area (Å²) in [6.45, 7) is 3.40. The number of nitrogens with one attached hydrogen (secondary N) is 1. The van der Waals surface area contributed by atoms with Gasteiger partial charge in [-0.15, -0.1) is 0 Å². The third-order valence-corrected chi connectivity index (χ3v) is 4.20. The molecule has 2 aromatic rings. The Hall–Kier alpha value is -2.83.